The van der Waals surface area contributed by atoms with Gasteiger partial charge in [-0.1, -0.05) is 34.1 Å². The van der Waals surface area contributed by atoms with Crippen molar-refractivity contribution in [1.82, 2.24) is 0 Å². The SMILES string of the molecule is CC(C)(O)/C(Br)=C\S(=O)c1ccccc1. The number of hydrogen-bond acceptors (Lipinski definition) is 2. The average molecular weight is 289 g/mol. The standard InChI is InChI=1S/C11H13BrO2S/c1-11(2,13)10(12)8-15(14)9-6-4-3-5-7-9/h3-8,13H,1-2H3/b10-8+. The molecule has 0 bridgehead atoms. The number of hydrogen-bond donors (Lipinski definition) is 1. The molecule has 1 N–H and O–H groups in total. The molecular formula is C11H13BrO2S. The van der Waals surface area contributed by atoms with Gasteiger partial charge in [0.1, 0.15) is 0 Å². The van der Waals surface area contributed by atoms with Gasteiger partial charge in [-0.05, 0) is 26.0 Å². The predicted octanol–water partition coefficient (Wildman–Crippen LogP) is 2.80. The second kappa shape index (κ2) is 5.05. The van der Waals surface area contributed by atoms with E-state index in [4.69, 9.17) is 0 Å². The normalized spacial score (nSPS) is 15.1. The van der Waals surface area contributed by atoms with Crippen LogP contribution in [0, 0.1) is 0 Å². The first-order valence-corrected chi connectivity index (χ1v) is 6.47. The van der Waals surface area contributed by atoms with Crippen LogP contribution in [-0.4, -0.2) is 14.9 Å². The number of halogens is 1. The molecule has 1 aromatic rings. The monoisotopic (exact) mass is 288 g/mol. The Kier molecular flexibility index (Phi) is 4.25. The lowest BCUT2D eigenvalue weighted by Crippen LogP contribution is -2.18. The van der Waals surface area contributed by atoms with Gasteiger partial charge in [0.15, 0.2) is 0 Å². The summed E-state index contributed by atoms with van der Waals surface area (Å²) in [7, 11) is -1.23. The summed E-state index contributed by atoms with van der Waals surface area (Å²) in [4.78, 5) is 0.721. The minimum Gasteiger partial charge on any atom is -0.385 e. The Morgan fingerprint density at radius 2 is 1.93 bits per heavy atom. The van der Waals surface area contributed by atoms with Gasteiger partial charge in [-0.25, -0.2) is 4.21 Å². The molecule has 0 aromatic heterocycles. The van der Waals surface area contributed by atoms with E-state index in [1.165, 1.54) is 5.41 Å². The molecule has 15 heavy (non-hydrogen) atoms. The Labute approximate surface area is 101 Å². The Morgan fingerprint density at radius 3 is 2.40 bits per heavy atom. The molecule has 0 saturated carbocycles. The van der Waals surface area contributed by atoms with Gasteiger partial charge in [0.2, 0.25) is 0 Å². The van der Waals surface area contributed by atoms with E-state index >= 15 is 0 Å². The quantitative estimate of drug-likeness (QED) is 0.929. The molecule has 82 valence electrons. The van der Waals surface area contributed by atoms with Crippen LogP contribution in [-0.2, 0) is 10.8 Å². The molecule has 1 aromatic carbocycles. The lowest BCUT2D eigenvalue weighted by atomic mass is 10.1. The molecule has 0 spiro atoms. The molecule has 0 aliphatic heterocycles. The minimum atomic E-state index is -1.23. The van der Waals surface area contributed by atoms with E-state index in [1.54, 1.807) is 26.0 Å². The lowest BCUT2D eigenvalue weighted by molar-refractivity contribution is 0.130. The van der Waals surface area contributed by atoms with Gasteiger partial charge in [-0.3, -0.25) is 0 Å². The first kappa shape index (κ1) is 12.6. The highest BCUT2D eigenvalue weighted by Crippen LogP contribution is 2.23. The van der Waals surface area contributed by atoms with E-state index in [1.807, 2.05) is 18.2 Å². The number of benzene rings is 1. The summed E-state index contributed by atoms with van der Waals surface area (Å²) in [5.74, 6) is 0. The van der Waals surface area contributed by atoms with Crippen LogP contribution >= 0.6 is 15.9 Å². The van der Waals surface area contributed by atoms with Gasteiger partial charge < -0.3 is 5.11 Å². The number of aliphatic hydroxyl groups is 1. The molecule has 0 radical (unpaired) electrons. The molecule has 0 heterocycles. The highest BCUT2D eigenvalue weighted by Gasteiger charge is 2.17. The fourth-order valence-corrected chi connectivity index (χ4v) is 2.41. The van der Waals surface area contributed by atoms with Crippen molar-refractivity contribution >= 4 is 26.7 Å². The van der Waals surface area contributed by atoms with Crippen molar-refractivity contribution in [3.63, 3.8) is 0 Å². The van der Waals surface area contributed by atoms with Gasteiger partial charge in [0, 0.05) is 14.8 Å². The number of rotatable bonds is 3. The maximum absolute atomic E-state index is 11.8. The lowest BCUT2D eigenvalue weighted by Gasteiger charge is -2.15. The zero-order valence-corrected chi connectivity index (χ0v) is 11.0. The van der Waals surface area contributed by atoms with E-state index in [0.717, 1.165) is 4.90 Å². The molecule has 0 saturated heterocycles. The van der Waals surface area contributed by atoms with Crippen molar-refractivity contribution in [2.75, 3.05) is 0 Å². The first-order valence-electron chi connectivity index (χ1n) is 4.47. The van der Waals surface area contributed by atoms with Crippen LogP contribution in [0.1, 0.15) is 13.8 Å². The summed E-state index contributed by atoms with van der Waals surface area (Å²) in [6, 6.07) is 9.11. The van der Waals surface area contributed by atoms with Crippen LogP contribution in [0.3, 0.4) is 0 Å². The van der Waals surface area contributed by atoms with Gasteiger partial charge in [0.25, 0.3) is 0 Å². The third-order valence-electron chi connectivity index (χ3n) is 1.77. The Bertz CT molecular complexity index is 379. The molecule has 1 atom stereocenters. The Balaban J connectivity index is 2.90. The smallest absolute Gasteiger partial charge is 0.0910 e. The van der Waals surface area contributed by atoms with E-state index in [0.29, 0.717) is 4.48 Å². The molecule has 1 unspecified atom stereocenters. The van der Waals surface area contributed by atoms with Crippen molar-refractivity contribution in [2.45, 2.75) is 24.3 Å². The van der Waals surface area contributed by atoms with Gasteiger partial charge in [-0.15, -0.1) is 0 Å². The van der Waals surface area contributed by atoms with Crippen LogP contribution < -0.4 is 0 Å². The van der Waals surface area contributed by atoms with Crippen molar-refractivity contribution in [3.05, 3.63) is 40.2 Å². The summed E-state index contributed by atoms with van der Waals surface area (Å²) in [6.07, 6.45) is 0. The fraction of sp³-hybridized carbons (Fsp3) is 0.273. The zero-order chi connectivity index (χ0) is 11.5. The van der Waals surface area contributed by atoms with E-state index < -0.39 is 16.4 Å². The van der Waals surface area contributed by atoms with Crippen molar-refractivity contribution in [1.29, 1.82) is 0 Å². The van der Waals surface area contributed by atoms with Crippen LogP contribution in [0.4, 0.5) is 0 Å². The summed E-state index contributed by atoms with van der Waals surface area (Å²) in [5, 5.41) is 11.1. The van der Waals surface area contributed by atoms with E-state index in [2.05, 4.69) is 15.9 Å². The van der Waals surface area contributed by atoms with Crippen molar-refractivity contribution in [2.24, 2.45) is 0 Å². The van der Waals surface area contributed by atoms with E-state index in [-0.39, 0.29) is 0 Å². The van der Waals surface area contributed by atoms with Gasteiger partial charge in [0.05, 0.1) is 16.4 Å². The van der Waals surface area contributed by atoms with Crippen molar-refractivity contribution < 1.29 is 9.32 Å². The zero-order valence-electron chi connectivity index (χ0n) is 8.61. The van der Waals surface area contributed by atoms with Crippen LogP contribution in [0.25, 0.3) is 0 Å². The van der Waals surface area contributed by atoms with E-state index in [9.17, 15) is 9.32 Å². The van der Waals surface area contributed by atoms with Gasteiger partial charge >= 0.3 is 0 Å². The molecule has 0 fully saturated rings. The van der Waals surface area contributed by atoms with Crippen molar-refractivity contribution in [3.8, 4) is 0 Å². The highest BCUT2D eigenvalue weighted by atomic mass is 79.9. The molecule has 0 aliphatic rings. The summed E-state index contributed by atoms with van der Waals surface area (Å²) < 4.78 is 12.3. The largest absolute Gasteiger partial charge is 0.385 e. The summed E-state index contributed by atoms with van der Waals surface area (Å²) >= 11 is 3.21. The second-order valence-electron chi connectivity index (χ2n) is 3.64. The summed E-state index contributed by atoms with van der Waals surface area (Å²) in [6.45, 7) is 3.27. The second-order valence-corrected chi connectivity index (χ2v) is 5.79. The average Bonchev–Trinajstić information content (AvgIpc) is 2.17. The van der Waals surface area contributed by atoms with Crippen LogP contribution in [0.2, 0.25) is 0 Å². The molecule has 0 aliphatic carbocycles. The fourth-order valence-electron chi connectivity index (χ4n) is 0.861. The molecule has 2 nitrogen and oxygen atoms in total. The third kappa shape index (κ3) is 3.89. The Morgan fingerprint density at radius 1 is 1.40 bits per heavy atom. The topological polar surface area (TPSA) is 37.3 Å². The predicted molar refractivity (Wildman–Crippen MR) is 66.2 cm³/mol. The van der Waals surface area contributed by atoms with Gasteiger partial charge in [-0.2, -0.15) is 0 Å². The minimum absolute atomic E-state index is 0.525. The van der Waals surface area contributed by atoms with Crippen LogP contribution in [0.15, 0.2) is 45.1 Å². The van der Waals surface area contributed by atoms with Crippen LogP contribution in [0.5, 0.6) is 0 Å². The molecule has 0 amide bonds. The molecule has 4 heteroatoms. The maximum Gasteiger partial charge on any atom is 0.0910 e. The molecule has 1 rings (SSSR count). The first-order chi connectivity index (χ1) is 6.91. The highest BCUT2D eigenvalue weighted by molar-refractivity contribution is 9.11. The summed E-state index contributed by atoms with van der Waals surface area (Å²) in [5.41, 5.74) is -0.996. The Hall–Kier alpha value is -0.450. The maximum atomic E-state index is 11.8. The molecular weight excluding hydrogens is 276 g/mol. The third-order valence-corrected chi connectivity index (χ3v) is 4.46.